The zero-order chi connectivity index (χ0) is 13.7. The van der Waals surface area contributed by atoms with Crippen molar-refractivity contribution in [2.45, 2.75) is 46.5 Å². The molecular weight excluding hydrogens is 312 g/mol. The zero-order valence-corrected chi connectivity index (χ0v) is 13.6. The SMILES string of the molecule is CCCCc1cc(C)c(CC(C)C(=O)Cl)cc1Br. The van der Waals surface area contributed by atoms with E-state index in [0.29, 0.717) is 6.42 Å². The number of aryl methyl sites for hydroxylation is 2. The van der Waals surface area contributed by atoms with Gasteiger partial charge >= 0.3 is 0 Å². The van der Waals surface area contributed by atoms with Crippen LogP contribution in [0.3, 0.4) is 0 Å². The Labute approximate surface area is 123 Å². The van der Waals surface area contributed by atoms with Crippen molar-refractivity contribution in [1.29, 1.82) is 0 Å². The van der Waals surface area contributed by atoms with Crippen molar-refractivity contribution in [2.75, 3.05) is 0 Å². The molecule has 1 unspecified atom stereocenters. The predicted octanol–water partition coefficient (Wildman–Crippen LogP) is 5.04. The molecule has 1 nitrogen and oxygen atoms in total. The molecule has 0 aromatic heterocycles. The lowest BCUT2D eigenvalue weighted by Gasteiger charge is -2.13. The quantitative estimate of drug-likeness (QED) is 0.667. The van der Waals surface area contributed by atoms with Crippen LogP contribution in [-0.4, -0.2) is 5.24 Å². The first-order valence-electron chi connectivity index (χ1n) is 6.43. The van der Waals surface area contributed by atoms with Gasteiger partial charge in [-0.1, -0.05) is 42.3 Å². The van der Waals surface area contributed by atoms with E-state index in [1.54, 1.807) is 0 Å². The second-order valence-corrected chi connectivity index (χ2v) is 6.11. The highest BCUT2D eigenvalue weighted by Crippen LogP contribution is 2.25. The van der Waals surface area contributed by atoms with Crippen LogP contribution >= 0.6 is 27.5 Å². The molecule has 0 saturated heterocycles. The summed E-state index contributed by atoms with van der Waals surface area (Å²) in [7, 11) is 0. The van der Waals surface area contributed by atoms with E-state index in [1.807, 2.05) is 6.92 Å². The summed E-state index contributed by atoms with van der Waals surface area (Å²) in [4.78, 5) is 11.1. The molecule has 0 aliphatic heterocycles. The van der Waals surface area contributed by atoms with Gasteiger partial charge in [0, 0.05) is 10.4 Å². The summed E-state index contributed by atoms with van der Waals surface area (Å²) in [5.41, 5.74) is 3.79. The molecule has 0 aliphatic carbocycles. The molecule has 0 N–H and O–H groups in total. The van der Waals surface area contributed by atoms with Gasteiger partial charge in [0.1, 0.15) is 0 Å². The van der Waals surface area contributed by atoms with Gasteiger partial charge in [0.2, 0.25) is 5.24 Å². The Morgan fingerprint density at radius 2 is 2.06 bits per heavy atom. The van der Waals surface area contributed by atoms with E-state index in [4.69, 9.17) is 11.6 Å². The van der Waals surface area contributed by atoms with E-state index < -0.39 is 0 Å². The average Bonchev–Trinajstić information content (AvgIpc) is 2.31. The predicted molar refractivity (Wildman–Crippen MR) is 81.2 cm³/mol. The molecule has 0 saturated carbocycles. The van der Waals surface area contributed by atoms with Crippen molar-refractivity contribution in [3.63, 3.8) is 0 Å². The molecule has 100 valence electrons. The lowest BCUT2D eigenvalue weighted by molar-refractivity contribution is -0.114. The fourth-order valence-corrected chi connectivity index (χ4v) is 2.64. The highest BCUT2D eigenvalue weighted by molar-refractivity contribution is 9.10. The average molecular weight is 332 g/mol. The van der Waals surface area contributed by atoms with Gasteiger partial charge in [-0.15, -0.1) is 0 Å². The largest absolute Gasteiger partial charge is 0.281 e. The Kier molecular flexibility index (Phi) is 6.37. The van der Waals surface area contributed by atoms with Gasteiger partial charge in [0.15, 0.2) is 0 Å². The molecule has 0 spiro atoms. The van der Waals surface area contributed by atoms with Gasteiger partial charge in [0.25, 0.3) is 0 Å². The number of carbonyl (C=O) groups is 1. The number of hydrogen-bond donors (Lipinski definition) is 0. The minimum Gasteiger partial charge on any atom is -0.281 e. The monoisotopic (exact) mass is 330 g/mol. The second-order valence-electron chi connectivity index (χ2n) is 4.88. The smallest absolute Gasteiger partial charge is 0.224 e. The van der Waals surface area contributed by atoms with Gasteiger partial charge in [-0.2, -0.15) is 0 Å². The number of halogens is 2. The van der Waals surface area contributed by atoms with Crippen LogP contribution in [0.4, 0.5) is 0 Å². The van der Waals surface area contributed by atoms with Crippen LogP contribution < -0.4 is 0 Å². The summed E-state index contributed by atoms with van der Waals surface area (Å²) in [5, 5.41) is -0.263. The standard InChI is InChI=1S/C15H20BrClO/c1-4-5-6-12-7-10(2)13(9-14(12)16)8-11(3)15(17)18/h7,9,11H,4-6,8H2,1-3H3. The molecule has 1 atom stereocenters. The van der Waals surface area contributed by atoms with Crippen molar-refractivity contribution < 1.29 is 4.79 Å². The van der Waals surface area contributed by atoms with E-state index in [1.165, 1.54) is 29.5 Å². The molecule has 1 aromatic carbocycles. The Morgan fingerprint density at radius 1 is 1.39 bits per heavy atom. The highest BCUT2D eigenvalue weighted by Gasteiger charge is 2.13. The summed E-state index contributed by atoms with van der Waals surface area (Å²) in [6.07, 6.45) is 4.21. The lowest BCUT2D eigenvalue weighted by atomic mass is 9.95. The molecule has 0 bridgehead atoms. The summed E-state index contributed by atoms with van der Waals surface area (Å²) in [6, 6.07) is 4.36. The molecule has 0 radical (unpaired) electrons. The molecular formula is C15H20BrClO. The van der Waals surface area contributed by atoms with Crippen LogP contribution in [0.15, 0.2) is 16.6 Å². The maximum absolute atomic E-state index is 11.1. The first-order chi connectivity index (χ1) is 8.45. The summed E-state index contributed by atoms with van der Waals surface area (Å²) < 4.78 is 1.14. The number of carbonyl (C=O) groups excluding carboxylic acids is 1. The normalized spacial score (nSPS) is 12.5. The Morgan fingerprint density at radius 3 is 2.61 bits per heavy atom. The van der Waals surface area contributed by atoms with Crippen LogP contribution in [0.25, 0.3) is 0 Å². The van der Waals surface area contributed by atoms with Crippen molar-refractivity contribution >= 4 is 32.8 Å². The number of benzene rings is 1. The fourth-order valence-electron chi connectivity index (χ4n) is 1.97. The van der Waals surface area contributed by atoms with Crippen molar-refractivity contribution in [3.8, 4) is 0 Å². The Balaban J connectivity index is 2.89. The molecule has 0 heterocycles. The molecule has 1 rings (SSSR count). The topological polar surface area (TPSA) is 17.1 Å². The number of hydrogen-bond acceptors (Lipinski definition) is 1. The minimum atomic E-state index is -0.263. The summed E-state index contributed by atoms with van der Waals surface area (Å²) >= 11 is 9.14. The Bertz CT molecular complexity index is 429. The summed E-state index contributed by atoms with van der Waals surface area (Å²) in [6.45, 7) is 6.17. The van der Waals surface area contributed by atoms with E-state index in [2.05, 4.69) is 41.9 Å². The van der Waals surface area contributed by atoms with Crippen LogP contribution in [-0.2, 0) is 17.6 Å². The van der Waals surface area contributed by atoms with E-state index >= 15 is 0 Å². The third-order valence-electron chi connectivity index (χ3n) is 3.22. The first kappa shape index (κ1) is 15.7. The number of unbranched alkanes of at least 4 members (excludes halogenated alkanes) is 1. The maximum Gasteiger partial charge on any atom is 0.224 e. The van der Waals surface area contributed by atoms with E-state index in [0.717, 1.165) is 10.9 Å². The summed E-state index contributed by atoms with van der Waals surface area (Å²) in [5.74, 6) is -0.126. The third kappa shape index (κ3) is 4.40. The fraction of sp³-hybridized carbons (Fsp3) is 0.533. The van der Waals surface area contributed by atoms with Gasteiger partial charge in [0.05, 0.1) is 0 Å². The van der Waals surface area contributed by atoms with Gasteiger partial charge in [-0.3, -0.25) is 4.79 Å². The second kappa shape index (κ2) is 7.30. The van der Waals surface area contributed by atoms with Crippen LogP contribution in [0.1, 0.15) is 43.4 Å². The highest BCUT2D eigenvalue weighted by atomic mass is 79.9. The van der Waals surface area contributed by atoms with E-state index in [9.17, 15) is 4.79 Å². The van der Waals surface area contributed by atoms with Gasteiger partial charge < -0.3 is 0 Å². The Hall–Kier alpha value is -0.340. The van der Waals surface area contributed by atoms with Crippen LogP contribution in [0, 0.1) is 12.8 Å². The minimum absolute atomic E-state index is 0.126. The van der Waals surface area contributed by atoms with Crippen molar-refractivity contribution in [1.82, 2.24) is 0 Å². The van der Waals surface area contributed by atoms with Crippen LogP contribution in [0.2, 0.25) is 0 Å². The molecule has 0 amide bonds. The first-order valence-corrected chi connectivity index (χ1v) is 7.60. The molecule has 3 heteroatoms. The van der Waals surface area contributed by atoms with E-state index in [-0.39, 0.29) is 11.2 Å². The van der Waals surface area contributed by atoms with Crippen molar-refractivity contribution in [3.05, 3.63) is 33.3 Å². The molecule has 0 fully saturated rings. The molecule has 1 aromatic rings. The third-order valence-corrected chi connectivity index (χ3v) is 4.33. The number of rotatable bonds is 6. The van der Waals surface area contributed by atoms with Crippen molar-refractivity contribution in [2.24, 2.45) is 5.92 Å². The lowest BCUT2D eigenvalue weighted by Crippen LogP contribution is -2.08. The molecule has 18 heavy (non-hydrogen) atoms. The molecule has 0 aliphatic rings. The zero-order valence-electron chi connectivity index (χ0n) is 11.2. The van der Waals surface area contributed by atoms with Crippen LogP contribution in [0.5, 0.6) is 0 Å². The van der Waals surface area contributed by atoms with Gasteiger partial charge in [-0.05, 0) is 60.5 Å². The van der Waals surface area contributed by atoms with Gasteiger partial charge in [-0.25, -0.2) is 0 Å². The maximum atomic E-state index is 11.1.